The van der Waals surface area contributed by atoms with Crippen LogP contribution in [-0.2, 0) is 0 Å². The normalized spacial score (nSPS) is 18.4. The number of halogens is 1. The second-order valence-corrected chi connectivity index (χ2v) is 5.59. The lowest BCUT2D eigenvalue weighted by Crippen LogP contribution is -1.98. The van der Waals surface area contributed by atoms with Gasteiger partial charge >= 0.3 is 0 Å². The molecule has 0 radical (unpaired) electrons. The van der Waals surface area contributed by atoms with Crippen molar-refractivity contribution in [1.29, 1.82) is 0 Å². The molecule has 0 aliphatic carbocycles. The molecule has 0 saturated heterocycles. The first kappa shape index (κ1) is 7.02. The summed E-state index contributed by atoms with van der Waals surface area (Å²) < 4.78 is 116. The lowest BCUT2D eigenvalue weighted by atomic mass is 10.0. The van der Waals surface area contributed by atoms with Gasteiger partial charge in [-0.25, -0.2) is 4.98 Å². The van der Waals surface area contributed by atoms with E-state index in [0.29, 0.717) is 0 Å². The minimum atomic E-state index is -0.691. The second kappa shape index (κ2) is 6.45. The Labute approximate surface area is 181 Å². The van der Waals surface area contributed by atoms with Gasteiger partial charge < -0.3 is 0 Å². The van der Waals surface area contributed by atoms with Gasteiger partial charge in [0.1, 0.15) is 0 Å². The zero-order chi connectivity index (χ0) is 30.4. The summed E-state index contributed by atoms with van der Waals surface area (Å²) in [6, 6.07) is -9.16. The van der Waals surface area contributed by atoms with Crippen LogP contribution in [0.15, 0.2) is 84.6 Å². The molecule has 0 bridgehead atoms. The first-order valence-corrected chi connectivity index (χ1v) is 7.91. The number of nitrogens with zero attached hydrogens (tertiary/aromatic N) is 3. The minimum Gasteiger partial charge on any atom is -0.208 e. The number of fused-ring (bicyclic) bond motifs is 2. The monoisotopic (exact) mass is 381 g/mol. The number of hydrogen-bond acceptors (Lipinski definition) is 3. The molecule has 4 heteroatoms. The quantitative estimate of drug-likeness (QED) is 0.367. The third-order valence-corrected chi connectivity index (χ3v) is 3.85. The molecule has 1 aromatic heterocycles. The molecule has 27 heavy (non-hydrogen) atoms. The summed E-state index contributed by atoms with van der Waals surface area (Å²) in [5.74, 6) is -0.966. The fraction of sp³-hybridized carbons (Fsp3) is 0. The molecule has 0 spiro atoms. The van der Waals surface area contributed by atoms with Crippen molar-refractivity contribution < 1.29 is 19.2 Å². The Hall–Kier alpha value is -3.30. The zero-order valence-electron chi connectivity index (χ0n) is 27.2. The van der Waals surface area contributed by atoms with Crippen LogP contribution in [0.25, 0.3) is 44.3 Å². The molecule has 0 fully saturated rings. The van der Waals surface area contributed by atoms with E-state index in [2.05, 4.69) is 15.0 Å². The van der Waals surface area contributed by atoms with E-state index in [9.17, 15) is 0 Å². The van der Waals surface area contributed by atoms with E-state index in [0.717, 1.165) is 0 Å². The lowest BCUT2D eigenvalue weighted by molar-refractivity contribution is 1.07. The molecule has 3 nitrogen and oxygen atoms in total. The summed E-state index contributed by atoms with van der Waals surface area (Å²) >= 11 is 6.20. The predicted octanol–water partition coefficient (Wildman–Crippen LogP) is 6.17. The minimum absolute atomic E-state index is 0.337. The van der Waals surface area contributed by atoms with E-state index in [4.69, 9.17) is 30.8 Å². The van der Waals surface area contributed by atoms with Crippen molar-refractivity contribution in [2.75, 3.05) is 0 Å². The van der Waals surface area contributed by atoms with Gasteiger partial charge in [0, 0.05) is 11.1 Å². The molecular formula is C23H14ClN3. The van der Waals surface area contributed by atoms with Gasteiger partial charge in [-0.15, -0.1) is 0 Å². The lowest BCUT2D eigenvalue weighted by Gasteiger charge is -2.09. The van der Waals surface area contributed by atoms with Crippen LogP contribution in [0.3, 0.4) is 0 Å². The molecule has 5 rings (SSSR count). The maximum Gasteiger partial charge on any atom is 0.226 e. The van der Waals surface area contributed by atoms with Gasteiger partial charge in [0.2, 0.25) is 5.28 Å². The third kappa shape index (κ3) is 2.82. The SMILES string of the molecule is [2H]c1c([2H])c([2H])c2c(-c3nc(Cl)nc(-c4c([2H])c([2H])c([2H])c5c([2H])c([2H])c([2H])c([2H])c45)n3)c([2H])c([2H])c([2H])c2c1[2H]. The molecule has 0 unspecified atom stereocenters. The fourth-order valence-electron chi connectivity index (χ4n) is 2.53. The Kier molecular flexibility index (Phi) is 1.68. The third-order valence-electron chi connectivity index (χ3n) is 3.68. The Morgan fingerprint density at radius 1 is 0.556 bits per heavy atom. The van der Waals surface area contributed by atoms with E-state index < -0.39 is 102 Å². The van der Waals surface area contributed by atoms with Crippen LogP contribution in [0.2, 0.25) is 5.28 Å². The fourth-order valence-corrected chi connectivity index (χ4v) is 2.69. The van der Waals surface area contributed by atoms with Crippen molar-refractivity contribution >= 4 is 33.1 Å². The van der Waals surface area contributed by atoms with Crippen molar-refractivity contribution in [3.8, 4) is 22.8 Å². The van der Waals surface area contributed by atoms with Crippen molar-refractivity contribution in [3.63, 3.8) is 0 Å². The second-order valence-electron chi connectivity index (χ2n) is 5.25. The molecule has 0 saturated carbocycles. The predicted molar refractivity (Wildman–Crippen MR) is 111 cm³/mol. The maximum absolute atomic E-state index is 8.55. The Balaban J connectivity index is 1.99. The number of aromatic nitrogens is 3. The summed E-state index contributed by atoms with van der Waals surface area (Å²) in [5, 5.41) is -1.95. The Morgan fingerprint density at radius 3 is 1.52 bits per heavy atom. The molecule has 0 N–H and O–H groups in total. The van der Waals surface area contributed by atoms with Crippen LogP contribution >= 0.6 is 11.6 Å². The highest BCUT2D eigenvalue weighted by Crippen LogP contribution is 2.30. The summed E-state index contributed by atoms with van der Waals surface area (Å²) in [5.41, 5.74) is -0.779. The highest BCUT2D eigenvalue weighted by molar-refractivity contribution is 6.28. The van der Waals surface area contributed by atoms with Crippen molar-refractivity contribution in [1.82, 2.24) is 15.0 Å². The highest BCUT2D eigenvalue weighted by atomic mass is 35.5. The van der Waals surface area contributed by atoms with E-state index in [1.807, 2.05) is 0 Å². The molecule has 128 valence electrons. The summed E-state index contributed by atoms with van der Waals surface area (Å²) in [7, 11) is 0. The van der Waals surface area contributed by atoms with Gasteiger partial charge in [0.25, 0.3) is 0 Å². The summed E-state index contributed by atoms with van der Waals surface area (Å²) in [6.07, 6.45) is 0. The topological polar surface area (TPSA) is 38.7 Å². The Morgan fingerprint density at radius 2 is 1.00 bits per heavy atom. The first-order chi connectivity index (χ1) is 19.1. The molecule has 5 aromatic rings. The van der Waals surface area contributed by atoms with Crippen molar-refractivity contribution in [2.45, 2.75) is 0 Å². The summed E-state index contributed by atoms with van der Waals surface area (Å²) in [6.45, 7) is 0. The van der Waals surface area contributed by atoms with Gasteiger partial charge in [0.05, 0.1) is 19.2 Å². The van der Waals surface area contributed by atoms with E-state index >= 15 is 0 Å². The molecule has 0 aliphatic rings. The van der Waals surface area contributed by atoms with Crippen LogP contribution in [0.1, 0.15) is 19.2 Å². The van der Waals surface area contributed by atoms with E-state index in [1.54, 1.807) is 0 Å². The number of benzene rings is 4. The smallest absolute Gasteiger partial charge is 0.208 e. The molecule has 1 heterocycles. The zero-order valence-corrected chi connectivity index (χ0v) is 14.0. The highest BCUT2D eigenvalue weighted by Gasteiger charge is 2.13. The van der Waals surface area contributed by atoms with Gasteiger partial charge in [-0.1, -0.05) is 84.6 Å². The summed E-state index contributed by atoms with van der Waals surface area (Å²) in [4.78, 5) is 12.2. The van der Waals surface area contributed by atoms with Crippen LogP contribution in [0.5, 0.6) is 0 Å². The van der Waals surface area contributed by atoms with Gasteiger partial charge in [0.15, 0.2) is 11.6 Å². The van der Waals surface area contributed by atoms with Crippen LogP contribution < -0.4 is 0 Å². The maximum atomic E-state index is 8.55. The van der Waals surface area contributed by atoms with Crippen LogP contribution in [0, 0.1) is 0 Å². The largest absolute Gasteiger partial charge is 0.226 e. The van der Waals surface area contributed by atoms with Crippen molar-refractivity contribution in [2.24, 2.45) is 0 Å². The van der Waals surface area contributed by atoms with Gasteiger partial charge in [-0.2, -0.15) is 9.97 Å². The van der Waals surface area contributed by atoms with Gasteiger partial charge in [-0.3, -0.25) is 0 Å². The van der Waals surface area contributed by atoms with Gasteiger partial charge in [-0.05, 0) is 33.1 Å². The molecule has 0 atom stereocenters. The van der Waals surface area contributed by atoms with Crippen LogP contribution in [-0.4, -0.2) is 15.0 Å². The van der Waals surface area contributed by atoms with Crippen molar-refractivity contribution in [3.05, 3.63) is 89.9 Å². The molecule has 4 aromatic carbocycles. The molecular weight excluding hydrogens is 354 g/mol. The molecule has 0 aliphatic heterocycles. The Bertz CT molecular complexity index is 1860. The van der Waals surface area contributed by atoms with E-state index in [1.165, 1.54) is 0 Å². The average Bonchev–Trinajstić information content (AvgIpc) is 2.93. The van der Waals surface area contributed by atoms with Crippen LogP contribution in [0.4, 0.5) is 0 Å². The first-order valence-electron chi connectivity index (χ1n) is 14.5. The average molecular weight is 382 g/mol. The number of hydrogen-bond donors (Lipinski definition) is 0. The van der Waals surface area contributed by atoms with E-state index in [-0.39, 0.29) is 32.7 Å². The standard InChI is InChI=1S/C23H14ClN3/c24-23-26-21(19-13-5-9-15-7-1-3-11-17(15)19)25-22(27-23)20-14-6-10-16-8-2-4-12-18(16)20/h1-14H/i1D,2D,3D,4D,5D,6D,7D,8D,9D,10D,11D,12D,13D,14D. The molecule has 0 amide bonds. The number of rotatable bonds is 2.